The van der Waals surface area contributed by atoms with Crippen LogP contribution in [-0.4, -0.2) is 49.9 Å². The number of unbranched alkanes of at least 4 members (excludes halogenated alkanes) is 2. The van der Waals surface area contributed by atoms with Crippen molar-refractivity contribution in [3.8, 4) is 0 Å². The Kier molecular flexibility index (Phi) is 9.10. The van der Waals surface area contributed by atoms with Gasteiger partial charge in [-0.2, -0.15) is 0 Å². The molecule has 1 aromatic carbocycles. The lowest BCUT2D eigenvalue weighted by Crippen LogP contribution is -2.35. The summed E-state index contributed by atoms with van der Waals surface area (Å²) in [6, 6.07) is 5.54. The monoisotopic (exact) mass is 472 g/mol. The van der Waals surface area contributed by atoms with Gasteiger partial charge in [0.25, 0.3) is 11.8 Å². The molecule has 1 saturated heterocycles. The van der Waals surface area contributed by atoms with Gasteiger partial charge in [0.05, 0.1) is 10.6 Å². The molecule has 2 rings (SSSR count). The van der Waals surface area contributed by atoms with Gasteiger partial charge >= 0.3 is 6.16 Å². The summed E-state index contributed by atoms with van der Waals surface area (Å²) in [5.41, 5.74) is 8.28. The molecule has 11 nitrogen and oxygen atoms in total. The number of hydrogen-bond donors (Lipinski definition) is 0. The maximum absolute atomic E-state index is 12.7. The molecule has 1 aromatic rings. The van der Waals surface area contributed by atoms with Crippen LogP contribution in [0.4, 0.5) is 4.79 Å². The molecular formula is C18H21ClN4O7S. The van der Waals surface area contributed by atoms with Crippen LogP contribution in [0.2, 0.25) is 5.02 Å². The van der Waals surface area contributed by atoms with E-state index in [-0.39, 0.29) is 24.2 Å². The molecule has 0 radical (unpaired) electrons. The third kappa shape index (κ3) is 7.74. The van der Waals surface area contributed by atoms with Crippen LogP contribution in [0.1, 0.15) is 38.5 Å². The molecule has 0 bridgehead atoms. The first-order valence-corrected chi connectivity index (χ1v) is 11.5. The highest BCUT2D eigenvalue weighted by Gasteiger charge is 2.34. The Morgan fingerprint density at radius 3 is 2.42 bits per heavy atom. The molecule has 2 amide bonds. The second-order valence-corrected chi connectivity index (χ2v) is 9.17. The van der Waals surface area contributed by atoms with Crippen molar-refractivity contribution in [2.45, 2.75) is 49.5 Å². The van der Waals surface area contributed by atoms with Crippen LogP contribution in [0.3, 0.4) is 0 Å². The number of benzene rings is 1. The zero-order chi connectivity index (χ0) is 22.9. The van der Waals surface area contributed by atoms with E-state index in [1.54, 1.807) is 0 Å². The standard InChI is InChI=1S/C18H21ClN4O7S/c19-13-5-7-15(8-6-13)31(27,28)12-14(4-2-1-3-11-21-22-20)29-18(26)30-23-16(24)9-10-17(23)25/h5-8,14H,1-4,9-12H2. The van der Waals surface area contributed by atoms with Crippen molar-refractivity contribution in [2.75, 3.05) is 12.3 Å². The molecule has 0 aromatic heterocycles. The molecule has 168 valence electrons. The third-order valence-corrected chi connectivity index (χ3v) is 6.41. The molecule has 31 heavy (non-hydrogen) atoms. The zero-order valence-electron chi connectivity index (χ0n) is 16.5. The summed E-state index contributed by atoms with van der Waals surface area (Å²) in [5.74, 6) is -1.88. The van der Waals surface area contributed by atoms with Gasteiger partial charge in [-0.15, -0.1) is 0 Å². The number of imide groups is 1. The summed E-state index contributed by atoms with van der Waals surface area (Å²) in [6.07, 6.45) is -0.719. The molecule has 0 saturated carbocycles. The van der Waals surface area contributed by atoms with Crippen molar-refractivity contribution in [1.82, 2.24) is 5.06 Å². The van der Waals surface area contributed by atoms with E-state index >= 15 is 0 Å². The number of hydroxylamine groups is 2. The predicted molar refractivity (Wildman–Crippen MR) is 108 cm³/mol. The minimum atomic E-state index is -3.83. The van der Waals surface area contributed by atoms with E-state index in [0.29, 0.717) is 35.9 Å². The number of amides is 2. The average Bonchev–Trinajstić information content (AvgIpc) is 3.02. The summed E-state index contributed by atoms with van der Waals surface area (Å²) in [7, 11) is -3.83. The first-order chi connectivity index (χ1) is 14.7. The highest BCUT2D eigenvalue weighted by atomic mass is 35.5. The SMILES string of the molecule is [N-]=[N+]=NCCCCCC(CS(=O)(=O)c1ccc(Cl)cc1)OC(=O)ON1C(=O)CCC1=O. The van der Waals surface area contributed by atoms with Crippen LogP contribution in [-0.2, 0) is 29.0 Å². The summed E-state index contributed by atoms with van der Waals surface area (Å²) < 4.78 is 30.5. The van der Waals surface area contributed by atoms with E-state index < -0.39 is 39.7 Å². The molecule has 1 fully saturated rings. The van der Waals surface area contributed by atoms with E-state index in [9.17, 15) is 22.8 Å². The molecule has 1 aliphatic heterocycles. The molecule has 1 aliphatic rings. The lowest BCUT2D eigenvalue weighted by atomic mass is 10.1. The number of azide groups is 1. The third-order valence-electron chi connectivity index (χ3n) is 4.36. The van der Waals surface area contributed by atoms with Crippen LogP contribution >= 0.6 is 11.6 Å². The van der Waals surface area contributed by atoms with Gasteiger partial charge in [0.1, 0.15) is 6.10 Å². The first-order valence-electron chi connectivity index (χ1n) is 9.46. The highest BCUT2D eigenvalue weighted by Crippen LogP contribution is 2.20. The van der Waals surface area contributed by atoms with Crippen LogP contribution in [0.5, 0.6) is 0 Å². The van der Waals surface area contributed by atoms with Gasteiger partial charge < -0.3 is 4.74 Å². The lowest BCUT2D eigenvalue weighted by Gasteiger charge is -2.19. The van der Waals surface area contributed by atoms with Crippen molar-refractivity contribution in [2.24, 2.45) is 5.11 Å². The second-order valence-electron chi connectivity index (χ2n) is 6.70. The molecular weight excluding hydrogens is 452 g/mol. The highest BCUT2D eigenvalue weighted by molar-refractivity contribution is 7.91. The fourth-order valence-electron chi connectivity index (χ4n) is 2.83. The van der Waals surface area contributed by atoms with Gasteiger partial charge in [-0.05, 0) is 49.1 Å². The maximum Gasteiger partial charge on any atom is 0.534 e. The van der Waals surface area contributed by atoms with E-state index in [1.165, 1.54) is 24.3 Å². The largest absolute Gasteiger partial charge is 0.534 e. The van der Waals surface area contributed by atoms with Gasteiger partial charge in [-0.3, -0.25) is 14.4 Å². The minimum Gasteiger partial charge on any atom is -0.428 e. The van der Waals surface area contributed by atoms with Crippen LogP contribution in [0.25, 0.3) is 10.4 Å². The van der Waals surface area contributed by atoms with E-state index in [4.69, 9.17) is 21.9 Å². The zero-order valence-corrected chi connectivity index (χ0v) is 18.0. The lowest BCUT2D eigenvalue weighted by molar-refractivity contribution is -0.178. The molecule has 0 N–H and O–H groups in total. The topological polar surface area (TPSA) is 156 Å². The Labute approximate surface area is 183 Å². The Hall–Kier alpha value is -2.82. The van der Waals surface area contributed by atoms with E-state index in [0.717, 1.165) is 0 Å². The fourth-order valence-corrected chi connectivity index (χ4v) is 4.42. The normalized spacial score (nSPS) is 14.8. The van der Waals surface area contributed by atoms with Crippen molar-refractivity contribution in [1.29, 1.82) is 0 Å². The number of ether oxygens (including phenoxy) is 1. The van der Waals surface area contributed by atoms with Gasteiger partial charge in [-0.25, -0.2) is 13.2 Å². The summed E-state index contributed by atoms with van der Waals surface area (Å²) in [6.45, 7) is 0.298. The van der Waals surface area contributed by atoms with Crippen molar-refractivity contribution in [3.63, 3.8) is 0 Å². The number of sulfone groups is 1. The quantitative estimate of drug-likeness (QED) is 0.119. The predicted octanol–water partition coefficient (Wildman–Crippen LogP) is 3.57. The Morgan fingerprint density at radius 2 is 1.81 bits per heavy atom. The Morgan fingerprint density at radius 1 is 1.16 bits per heavy atom. The van der Waals surface area contributed by atoms with E-state index in [2.05, 4.69) is 14.9 Å². The van der Waals surface area contributed by atoms with Crippen molar-refractivity contribution < 1.29 is 32.4 Å². The minimum absolute atomic E-state index is 0.00660. The molecule has 1 heterocycles. The van der Waals surface area contributed by atoms with Crippen LogP contribution in [0.15, 0.2) is 34.3 Å². The van der Waals surface area contributed by atoms with Gasteiger partial charge in [0, 0.05) is 29.3 Å². The van der Waals surface area contributed by atoms with Gasteiger partial charge in [-0.1, -0.05) is 28.2 Å². The number of carbonyl (C=O) groups excluding carboxylic acids is 3. The molecule has 0 spiro atoms. The van der Waals surface area contributed by atoms with Gasteiger partial charge in [0.15, 0.2) is 9.84 Å². The van der Waals surface area contributed by atoms with E-state index in [1.807, 2.05) is 0 Å². The molecule has 1 atom stereocenters. The first kappa shape index (κ1) is 24.4. The Balaban J connectivity index is 2.03. The number of carbonyl (C=O) groups is 3. The van der Waals surface area contributed by atoms with Crippen LogP contribution < -0.4 is 0 Å². The summed E-state index contributed by atoms with van der Waals surface area (Å²) in [5, 5.41) is 4.11. The molecule has 13 heteroatoms. The molecule has 0 aliphatic carbocycles. The van der Waals surface area contributed by atoms with Crippen molar-refractivity contribution >= 4 is 39.4 Å². The Bertz CT molecular complexity index is 946. The number of nitrogens with zero attached hydrogens (tertiary/aromatic N) is 4. The number of rotatable bonds is 11. The van der Waals surface area contributed by atoms with Gasteiger partial charge in [0.2, 0.25) is 0 Å². The van der Waals surface area contributed by atoms with Crippen LogP contribution in [0, 0.1) is 0 Å². The molecule has 1 unspecified atom stereocenters. The summed E-state index contributed by atoms with van der Waals surface area (Å²) >= 11 is 5.79. The smallest absolute Gasteiger partial charge is 0.428 e. The van der Waals surface area contributed by atoms with Crippen molar-refractivity contribution in [3.05, 3.63) is 39.7 Å². The number of hydrogen-bond acceptors (Lipinski definition) is 8. The average molecular weight is 473 g/mol. The second kappa shape index (κ2) is 11.5. The fraction of sp³-hybridized carbons (Fsp3) is 0.500. The summed E-state index contributed by atoms with van der Waals surface area (Å²) in [4.78, 5) is 42.6. The maximum atomic E-state index is 12.7. The number of halogens is 1.